The molecule has 41 heavy (non-hydrogen) atoms. The zero-order valence-corrected chi connectivity index (χ0v) is 23.4. The van der Waals surface area contributed by atoms with E-state index in [-0.39, 0.29) is 5.78 Å². The van der Waals surface area contributed by atoms with Crippen LogP contribution in [0, 0.1) is 6.92 Å². The van der Waals surface area contributed by atoms with Crippen molar-refractivity contribution >= 4 is 22.3 Å². The molecule has 7 rings (SSSR count). The topological polar surface area (TPSA) is 89.6 Å². The number of piperazine rings is 1. The predicted octanol–water partition coefficient (Wildman–Crippen LogP) is 4.02. The summed E-state index contributed by atoms with van der Waals surface area (Å²) in [5.74, 6) is 1.26. The number of ketones is 1. The first-order valence-corrected chi connectivity index (χ1v) is 14.6. The van der Waals surface area contributed by atoms with E-state index in [1.54, 1.807) is 6.20 Å². The molecule has 0 bridgehead atoms. The average Bonchev–Trinajstić information content (AvgIpc) is 3.64. The van der Waals surface area contributed by atoms with E-state index in [1.165, 1.54) is 0 Å². The fourth-order valence-corrected chi connectivity index (χ4v) is 5.83. The fraction of sp³-hybridized carbons (Fsp3) is 0.375. The molecule has 1 saturated carbocycles. The van der Waals surface area contributed by atoms with Crippen molar-refractivity contribution in [3.63, 3.8) is 0 Å². The van der Waals surface area contributed by atoms with Crippen molar-refractivity contribution in [2.24, 2.45) is 0 Å². The highest BCUT2D eigenvalue weighted by Crippen LogP contribution is 2.43. The minimum Gasteiger partial charge on any atom is -0.492 e. The zero-order chi connectivity index (χ0) is 27.8. The van der Waals surface area contributed by atoms with Gasteiger partial charge in [-0.2, -0.15) is 5.10 Å². The summed E-state index contributed by atoms with van der Waals surface area (Å²) < 4.78 is 9.92. The molecule has 1 N–H and O–H groups in total. The molecule has 1 aromatic carbocycles. The van der Waals surface area contributed by atoms with Crippen LogP contribution in [0.5, 0.6) is 5.75 Å². The second-order valence-electron chi connectivity index (χ2n) is 11.2. The molecule has 5 heterocycles. The van der Waals surface area contributed by atoms with Crippen molar-refractivity contribution < 1.29 is 9.53 Å². The van der Waals surface area contributed by atoms with Crippen LogP contribution in [-0.2, 0) is 13.0 Å². The molecule has 2 fully saturated rings. The maximum Gasteiger partial charge on any atom is 0.185 e. The Kier molecular flexibility index (Phi) is 6.98. The third-order valence-corrected chi connectivity index (χ3v) is 8.12. The van der Waals surface area contributed by atoms with Crippen LogP contribution >= 0.6 is 0 Å². The first kappa shape index (κ1) is 25.9. The van der Waals surface area contributed by atoms with E-state index in [0.29, 0.717) is 36.8 Å². The number of pyridine rings is 2. The second-order valence-corrected chi connectivity index (χ2v) is 11.2. The Bertz CT molecular complexity index is 1710. The van der Waals surface area contributed by atoms with E-state index in [0.717, 1.165) is 84.9 Å². The highest BCUT2D eigenvalue weighted by Gasteiger charge is 2.30. The summed E-state index contributed by atoms with van der Waals surface area (Å²) in [5, 5.41) is 9.54. The van der Waals surface area contributed by atoms with Crippen LogP contribution in [0.15, 0.2) is 60.9 Å². The first-order valence-electron chi connectivity index (χ1n) is 14.6. The number of aryl methyl sites for hydroxylation is 1. The Morgan fingerprint density at radius 1 is 1.10 bits per heavy atom. The van der Waals surface area contributed by atoms with Crippen LogP contribution < -0.4 is 10.1 Å². The van der Waals surface area contributed by atoms with Gasteiger partial charge in [-0.3, -0.25) is 23.8 Å². The molecule has 210 valence electrons. The summed E-state index contributed by atoms with van der Waals surface area (Å²) in [4.78, 5) is 25.3. The van der Waals surface area contributed by atoms with Gasteiger partial charge in [0.2, 0.25) is 0 Å². The zero-order valence-electron chi connectivity index (χ0n) is 23.4. The van der Waals surface area contributed by atoms with Crippen LogP contribution in [0.4, 0.5) is 0 Å². The number of nitrogens with zero attached hydrogens (tertiary/aromatic N) is 6. The maximum absolute atomic E-state index is 13.7. The number of carbonyl (C=O) groups is 1. The lowest BCUT2D eigenvalue weighted by molar-refractivity contribution is 0.0987. The third-order valence-electron chi connectivity index (χ3n) is 8.12. The van der Waals surface area contributed by atoms with E-state index in [4.69, 9.17) is 9.84 Å². The number of hydrogen-bond donors (Lipinski definition) is 1. The van der Waals surface area contributed by atoms with Gasteiger partial charge >= 0.3 is 0 Å². The number of aromatic nitrogens is 5. The molecule has 1 aliphatic heterocycles. The monoisotopic (exact) mass is 549 g/mol. The number of benzene rings is 1. The molecule has 0 unspecified atom stereocenters. The standard InChI is InChI=1S/C32H35N7O2/c1-22-4-2-6-25(35-22)21-39-27-7-3-5-24(31(27)32(36-39)23-8-9-23)18-29(40)28-20-34-30-19-26(10-13-38(28)30)41-17-16-37-14-11-33-12-15-37/h2-7,10,13,19-20,23,33H,8-9,11-12,14-18,21H2,1H3. The quantitative estimate of drug-likeness (QED) is 0.263. The van der Waals surface area contributed by atoms with Gasteiger partial charge in [0, 0.05) is 68.4 Å². The van der Waals surface area contributed by atoms with Crippen molar-refractivity contribution in [2.45, 2.75) is 38.6 Å². The number of rotatable bonds is 10. The van der Waals surface area contributed by atoms with E-state index < -0.39 is 0 Å². The van der Waals surface area contributed by atoms with Gasteiger partial charge in [0.25, 0.3) is 0 Å². The second kappa shape index (κ2) is 11.1. The molecule has 5 aromatic rings. The maximum atomic E-state index is 13.7. The summed E-state index contributed by atoms with van der Waals surface area (Å²) in [7, 11) is 0. The van der Waals surface area contributed by atoms with Gasteiger partial charge in [-0.1, -0.05) is 18.2 Å². The van der Waals surface area contributed by atoms with Crippen LogP contribution in [0.3, 0.4) is 0 Å². The van der Waals surface area contributed by atoms with Crippen molar-refractivity contribution in [1.29, 1.82) is 0 Å². The van der Waals surface area contributed by atoms with Gasteiger partial charge in [-0.15, -0.1) is 0 Å². The van der Waals surface area contributed by atoms with Gasteiger partial charge in [-0.25, -0.2) is 4.98 Å². The molecular formula is C32H35N7O2. The highest BCUT2D eigenvalue weighted by atomic mass is 16.5. The molecule has 0 atom stereocenters. The lowest BCUT2D eigenvalue weighted by atomic mass is 10.00. The fourth-order valence-electron chi connectivity index (χ4n) is 5.83. The van der Waals surface area contributed by atoms with Gasteiger partial charge in [0.1, 0.15) is 23.7 Å². The van der Waals surface area contributed by atoms with Crippen LogP contribution in [0.2, 0.25) is 0 Å². The average molecular weight is 550 g/mol. The lowest BCUT2D eigenvalue weighted by Gasteiger charge is -2.26. The van der Waals surface area contributed by atoms with Crippen molar-refractivity contribution in [3.8, 4) is 5.75 Å². The van der Waals surface area contributed by atoms with Gasteiger partial charge < -0.3 is 10.1 Å². The summed E-state index contributed by atoms with van der Waals surface area (Å²) >= 11 is 0. The largest absolute Gasteiger partial charge is 0.492 e. The van der Waals surface area contributed by atoms with Gasteiger partial charge in [-0.05, 0) is 49.6 Å². The molecule has 0 spiro atoms. The Labute approximate surface area is 239 Å². The highest BCUT2D eigenvalue weighted by molar-refractivity contribution is 5.99. The van der Waals surface area contributed by atoms with E-state index in [9.17, 15) is 4.79 Å². The summed E-state index contributed by atoms with van der Waals surface area (Å²) in [6.07, 6.45) is 6.14. The van der Waals surface area contributed by atoms with E-state index >= 15 is 0 Å². The van der Waals surface area contributed by atoms with E-state index in [2.05, 4.69) is 37.0 Å². The van der Waals surface area contributed by atoms with Crippen LogP contribution in [-0.4, -0.2) is 74.2 Å². The Morgan fingerprint density at radius 3 is 2.78 bits per heavy atom. The normalized spacial score (nSPS) is 16.0. The van der Waals surface area contributed by atoms with Gasteiger partial charge in [0.15, 0.2) is 5.78 Å². The van der Waals surface area contributed by atoms with Crippen molar-refractivity contribution in [2.75, 3.05) is 39.3 Å². The molecular weight excluding hydrogens is 514 g/mol. The minimum atomic E-state index is 0.0345. The Balaban J connectivity index is 1.11. The number of fused-ring (bicyclic) bond motifs is 2. The Hall–Kier alpha value is -4.08. The molecule has 1 aliphatic carbocycles. The molecule has 0 amide bonds. The summed E-state index contributed by atoms with van der Waals surface area (Å²) in [6, 6.07) is 16.1. The number of Topliss-reactive ketones (excluding diaryl/α,β-unsaturated/α-hetero) is 1. The first-order chi connectivity index (χ1) is 20.1. The molecule has 0 radical (unpaired) electrons. The van der Waals surface area contributed by atoms with Crippen molar-refractivity contribution in [1.82, 2.24) is 34.4 Å². The van der Waals surface area contributed by atoms with Crippen molar-refractivity contribution in [3.05, 3.63) is 89.3 Å². The summed E-state index contributed by atoms with van der Waals surface area (Å²) in [5.41, 5.74) is 6.45. The van der Waals surface area contributed by atoms with Gasteiger partial charge in [0.05, 0.1) is 29.6 Å². The van der Waals surface area contributed by atoms with Crippen LogP contribution in [0.25, 0.3) is 16.6 Å². The SMILES string of the molecule is Cc1cccc(Cn2nc(C3CC3)c3c(CC(=O)c4cnc5cc(OCCN6CCNCC6)ccn45)cccc32)n1. The third kappa shape index (κ3) is 5.47. The molecule has 9 heteroatoms. The number of ether oxygens (including phenoxy) is 1. The number of hydrogen-bond acceptors (Lipinski definition) is 7. The Morgan fingerprint density at radius 2 is 1.95 bits per heavy atom. The number of imidazole rings is 1. The minimum absolute atomic E-state index is 0.0345. The molecule has 2 aliphatic rings. The lowest BCUT2D eigenvalue weighted by Crippen LogP contribution is -2.44. The molecule has 9 nitrogen and oxygen atoms in total. The smallest absolute Gasteiger partial charge is 0.185 e. The van der Waals surface area contributed by atoms with Crippen LogP contribution in [0.1, 0.15) is 51.9 Å². The molecule has 4 aromatic heterocycles. The number of carbonyl (C=O) groups excluding carboxylic acids is 1. The predicted molar refractivity (Wildman–Crippen MR) is 158 cm³/mol. The molecule has 1 saturated heterocycles. The summed E-state index contributed by atoms with van der Waals surface area (Å²) in [6.45, 7) is 8.30. The number of nitrogens with one attached hydrogen (secondary N) is 1. The van der Waals surface area contributed by atoms with E-state index in [1.807, 2.05) is 53.9 Å².